The molecule has 9 heteroatoms. The van der Waals surface area contributed by atoms with Gasteiger partial charge >= 0.3 is 0 Å². The van der Waals surface area contributed by atoms with Crippen LogP contribution in [0.4, 0.5) is 5.69 Å². The van der Waals surface area contributed by atoms with Crippen molar-refractivity contribution in [1.82, 2.24) is 15.5 Å². The van der Waals surface area contributed by atoms with Gasteiger partial charge in [0.15, 0.2) is 11.5 Å². The van der Waals surface area contributed by atoms with Gasteiger partial charge in [0.1, 0.15) is 5.75 Å². The largest absolute Gasteiger partial charge is 0.496 e. The standard InChI is InChI=1S/C30H42N4O5/c1-37-26-20-28(39-3)27(38-2)19-25(26)30(36)32-21-22-9-11-23(12-10-22)29(35)31-13-14-33-15-17-34(18-16-33)24-7-5-4-6-8-24/h4-8,19-20,22-23H,9-18,21H2,1-3H3,(H,31,35)(H,32,36). The highest BCUT2D eigenvalue weighted by molar-refractivity contribution is 5.97. The minimum absolute atomic E-state index is 0.0535. The lowest BCUT2D eigenvalue weighted by Gasteiger charge is -2.36. The first-order valence-electron chi connectivity index (χ1n) is 13.9. The van der Waals surface area contributed by atoms with Crippen molar-refractivity contribution >= 4 is 17.5 Å². The number of rotatable bonds is 11. The van der Waals surface area contributed by atoms with E-state index in [0.29, 0.717) is 41.8 Å². The van der Waals surface area contributed by atoms with Gasteiger partial charge in [-0.25, -0.2) is 0 Å². The molecule has 0 bridgehead atoms. The first-order valence-corrected chi connectivity index (χ1v) is 13.9. The summed E-state index contributed by atoms with van der Waals surface area (Å²) in [6.45, 7) is 6.18. The van der Waals surface area contributed by atoms with Crippen LogP contribution in [0.3, 0.4) is 0 Å². The van der Waals surface area contributed by atoms with Crippen molar-refractivity contribution in [2.24, 2.45) is 11.8 Å². The van der Waals surface area contributed by atoms with E-state index in [0.717, 1.165) is 58.4 Å². The molecule has 2 fully saturated rings. The van der Waals surface area contributed by atoms with Gasteiger partial charge in [0.05, 0.1) is 26.9 Å². The molecule has 1 aliphatic carbocycles. The molecule has 1 saturated heterocycles. The third kappa shape index (κ3) is 7.56. The molecule has 1 aliphatic heterocycles. The molecule has 1 heterocycles. The van der Waals surface area contributed by atoms with Crippen molar-refractivity contribution < 1.29 is 23.8 Å². The van der Waals surface area contributed by atoms with Gasteiger partial charge in [0.2, 0.25) is 5.91 Å². The van der Waals surface area contributed by atoms with Crippen molar-refractivity contribution in [3.63, 3.8) is 0 Å². The fourth-order valence-corrected chi connectivity index (χ4v) is 5.52. The molecule has 0 radical (unpaired) electrons. The summed E-state index contributed by atoms with van der Waals surface area (Å²) in [6, 6.07) is 13.8. The van der Waals surface area contributed by atoms with Gasteiger partial charge in [-0.05, 0) is 43.7 Å². The summed E-state index contributed by atoms with van der Waals surface area (Å²) < 4.78 is 16.0. The lowest BCUT2D eigenvalue weighted by atomic mass is 9.81. The van der Waals surface area contributed by atoms with Crippen LogP contribution in [0.25, 0.3) is 0 Å². The van der Waals surface area contributed by atoms with Gasteiger partial charge in [-0.3, -0.25) is 14.5 Å². The molecule has 0 atom stereocenters. The molecule has 0 unspecified atom stereocenters. The van der Waals surface area contributed by atoms with Crippen molar-refractivity contribution in [2.75, 3.05) is 72.0 Å². The lowest BCUT2D eigenvalue weighted by molar-refractivity contribution is -0.126. The second-order valence-corrected chi connectivity index (χ2v) is 10.3. The molecule has 212 valence electrons. The van der Waals surface area contributed by atoms with Gasteiger partial charge in [0.25, 0.3) is 5.91 Å². The van der Waals surface area contributed by atoms with Crippen molar-refractivity contribution in [3.8, 4) is 17.2 Å². The van der Waals surface area contributed by atoms with Crippen LogP contribution in [0.2, 0.25) is 0 Å². The topological polar surface area (TPSA) is 92.4 Å². The van der Waals surface area contributed by atoms with Gasteiger partial charge in [0, 0.05) is 69.6 Å². The SMILES string of the molecule is COc1cc(OC)c(C(=O)NCC2CCC(C(=O)NCCN3CCN(c4ccccc4)CC3)CC2)cc1OC. The summed E-state index contributed by atoms with van der Waals surface area (Å²) in [5, 5.41) is 6.20. The highest BCUT2D eigenvalue weighted by Gasteiger charge is 2.27. The number of amides is 2. The fraction of sp³-hybridized carbons (Fsp3) is 0.533. The van der Waals surface area contributed by atoms with Crippen LogP contribution in [-0.4, -0.2) is 83.9 Å². The molecule has 39 heavy (non-hydrogen) atoms. The molecular weight excluding hydrogens is 496 g/mol. The highest BCUT2D eigenvalue weighted by Crippen LogP contribution is 2.35. The summed E-state index contributed by atoms with van der Waals surface area (Å²) in [6.07, 6.45) is 3.54. The first-order chi connectivity index (χ1) is 19.0. The maximum absolute atomic E-state index is 12.9. The molecule has 2 aliphatic rings. The molecule has 2 amide bonds. The molecule has 4 rings (SSSR count). The number of nitrogens with one attached hydrogen (secondary N) is 2. The Labute approximate surface area is 231 Å². The van der Waals surface area contributed by atoms with E-state index in [9.17, 15) is 9.59 Å². The van der Waals surface area contributed by atoms with E-state index in [-0.39, 0.29) is 17.7 Å². The van der Waals surface area contributed by atoms with Crippen LogP contribution < -0.4 is 29.7 Å². The van der Waals surface area contributed by atoms with E-state index in [2.05, 4.69) is 44.7 Å². The summed E-state index contributed by atoms with van der Waals surface area (Å²) in [7, 11) is 4.60. The number of para-hydroxylation sites is 1. The number of carbonyl (C=O) groups is 2. The number of hydrogen-bond donors (Lipinski definition) is 2. The maximum Gasteiger partial charge on any atom is 0.255 e. The number of ether oxygens (including phenoxy) is 3. The van der Waals surface area contributed by atoms with Gasteiger partial charge in [-0.15, -0.1) is 0 Å². The Morgan fingerprint density at radius 2 is 1.46 bits per heavy atom. The summed E-state index contributed by atoms with van der Waals surface area (Å²) >= 11 is 0. The minimum Gasteiger partial charge on any atom is -0.496 e. The minimum atomic E-state index is -0.211. The normalized spacial score (nSPS) is 19.7. The van der Waals surface area contributed by atoms with Crippen LogP contribution >= 0.6 is 0 Å². The van der Waals surface area contributed by atoms with E-state index in [1.165, 1.54) is 19.9 Å². The van der Waals surface area contributed by atoms with E-state index >= 15 is 0 Å². The Bertz CT molecular complexity index is 1080. The summed E-state index contributed by atoms with van der Waals surface area (Å²) in [5.41, 5.74) is 1.69. The van der Waals surface area contributed by atoms with Crippen molar-refractivity contribution in [2.45, 2.75) is 25.7 Å². The number of nitrogens with zero attached hydrogens (tertiary/aromatic N) is 2. The summed E-state index contributed by atoms with van der Waals surface area (Å²) in [5.74, 6) is 1.77. The van der Waals surface area contributed by atoms with Crippen LogP contribution in [0.15, 0.2) is 42.5 Å². The average molecular weight is 539 g/mol. The average Bonchev–Trinajstić information content (AvgIpc) is 3.00. The predicted molar refractivity (Wildman–Crippen MR) is 152 cm³/mol. The van der Waals surface area contributed by atoms with Gasteiger partial charge in [-0.1, -0.05) is 18.2 Å². The highest BCUT2D eigenvalue weighted by atomic mass is 16.5. The number of anilines is 1. The number of hydrogen-bond acceptors (Lipinski definition) is 7. The molecular formula is C30H42N4O5. The Morgan fingerprint density at radius 3 is 2.10 bits per heavy atom. The Morgan fingerprint density at radius 1 is 0.821 bits per heavy atom. The predicted octanol–water partition coefficient (Wildman–Crippen LogP) is 3.19. The molecule has 2 aromatic rings. The van der Waals surface area contributed by atoms with Crippen LogP contribution in [0.1, 0.15) is 36.0 Å². The van der Waals surface area contributed by atoms with E-state index in [4.69, 9.17) is 14.2 Å². The van der Waals surface area contributed by atoms with Gasteiger partial charge < -0.3 is 29.7 Å². The monoisotopic (exact) mass is 538 g/mol. The molecule has 2 aromatic carbocycles. The number of methoxy groups -OCH3 is 3. The third-order valence-electron chi connectivity index (χ3n) is 7.94. The molecule has 1 saturated carbocycles. The van der Waals surface area contributed by atoms with E-state index in [1.807, 2.05) is 6.07 Å². The number of carbonyl (C=O) groups excluding carboxylic acids is 2. The Hall–Kier alpha value is -3.46. The van der Waals surface area contributed by atoms with Crippen LogP contribution in [0.5, 0.6) is 17.2 Å². The zero-order chi connectivity index (χ0) is 27.6. The Kier molecular flexibility index (Phi) is 10.3. The van der Waals surface area contributed by atoms with Crippen LogP contribution in [0, 0.1) is 11.8 Å². The molecule has 0 spiro atoms. The summed E-state index contributed by atoms with van der Waals surface area (Å²) in [4.78, 5) is 30.5. The second-order valence-electron chi connectivity index (χ2n) is 10.3. The van der Waals surface area contributed by atoms with E-state index < -0.39 is 0 Å². The first kappa shape index (κ1) is 28.5. The second kappa shape index (κ2) is 14.1. The molecule has 0 aromatic heterocycles. The number of piperazine rings is 1. The zero-order valence-corrected chi connectivity index (χ0v) is 23.4. The quantitative estimate of drug-likeness (QED) is 0.454. The Balaban J connectivity index is 1.14. The maximum atomic E-state index is 12.9. The lowest BCUT2D eigenvalue weighted by Crippen LogP contribution is -2.48. The van der Waals surface area contributed by atoms with Crippen LogP contribution in [-0.2, 0) is 4.79 Å². The smallest absolute Gasteiger partial charge is 0.255 e. The van der Waals surface area contributed by atoms with Crippen molar-refractivity contribution in [1.29, 1.82) is 0 Å². The van der Waals surface area contributed by atoms with E-state index in [1.54, 1.807) is 19.2 Å². The number of benzene rings is 2. The third-order valence-corrected chi connectivity index (χ3v) is 7.94. The zero-order valence-electron chi connectivity index (χ0n) is 23.4. The van der Waals surface area contributed by atoms with Gasteiger partial charge in [-0.2, -0.15) is 0 Å². The molecule has 2 N–H and O–H groups in total. The van der Waals surface area contributed by atoms with Crippen molar-refractivity contribution in [3.05, 3.63) is 48.0 Å². The fourth-order valence-electron chi connectivity index (χ4n) is 5.52. The molecule has 9 nitrogen and oxygen atoms in total.